The molecule has 2 aliphatic rings. The zero-order chi connectivity index (χ0) is 18.6. The van der Waals surface area contributed by atoms with Crippen LogP contribution < -0.4 is 9.80 Å². The quantitative estimate of drug-likeness (QED) is 0.826. The first-order chi connectivity index (χ1) is 13.2. The lowest BCUT2D eigenvalue weighted by Gasteiger charge is -2.35. The molecule has 2 fully saturated rings. The van der Waals surface area contributed by atoms with E-state index in [9.17, 15) is 9.18 Å². The number of aromatic nitrogens is 2. The van der Waals surface area contributed by atoms with Gasteiger partial charge in [-0.25, -0.2) is 9.37 Å². The normalized spacial score (nSPS) is 17.4. The van der Waals surface area contributed by atoms with Gasteiger partial charge in [-0.2, -0.15) is 4.98 Å². The molecule has 142 valence electrons. The first-order valence-electron chi connectivity index (χ1n) is 9.55. The molecule has 0 radical (unpaired) electrons. The SMILES string of the molecule is O=C(Cc1ccccc1F)N1CCN(c2ccnc(N3CCCC3)n2)CC1. The second kappa shape index (κ2) is 7.90. The van der Waals surface area contributed by atoms with Crippen LogP contribution in [-0.4, -0.2) is 60.0 Å². The van der Waals surface area contributed by atoms with E-state index in [4.69, 9.17) is 4.98 Å². The van der Waals surface area contributed by atoms with Crippen molar-refractivity contribution < 1.29 is 9.18 Å². The van der Waals surface area contributed by atoms with Crippen molar-refractivity contribution >= 4 is 17.7 Å². The molecule has 0 bridgehead atoms. The Bertz CT molecular complexity index is 800. The Balaban J connectivity index is 1.35. The van der Waals surface area contributed by atoms with Gasteiger partial charge in [0.15, 0.2) is 0 Å². The summed E-state index contributed by atoms with van der Waals surface area (Å²) in [5.74, 6) is 1.36. The van der Waals surface area contributed by atoms with Gasteiger partial charge < -0.3 is 14.7 Å². The van der Waals surface area contributed by atoms with Crippen molar-refractivity contribution in [2.75, 3.05) is 49.1 Å². The lowest BCUT2D eigenvalue weighted by atomic mass is 10.1. The molecule has 2 aromatic rings. The van der Waals surface area contributed by atoms with E-state index in [-0.39, 0.29) is 18.1 Å². The molecule has 1 amide bonds. The first kappa shape index (κ1) is 17.7. The Hall–Kier alpha value is -2.70. The first-order valence-corrected chi connectivity index (χ1v) is 9.55. The Morgan fingerprint density at radius 3 is 2.44 bits per heavy atom. The number of piperazine rings is 1. The molecule has 0 spiro atoms. The van der Waals surface area contributed by atoms with Crippen LogP contribution in [0.15, 0.2) is 36.5 Å². The standard InChI is InChI=1S/C20H24FN5O/c21-17-6-2-1-5-16(17)15-19(27)25-13-11-24(12-14-25)18-7-8-22-20(23-18)26-9-3-4-10-26/h1-2,5-8H,3-4,9-15H2. The number of hydrogen-bond acceptors (Lipinski definition) is 5. The number of benzene rings is 1. The van der Waals surface area contributed by atoms with Crippen molar-refractivity contribution in [3.8, 4) is 0 Å². The highest BCUT2D eigenvalue weighted by molar-refractivity contribution is 5.79. The van der Waals surface area contributed by atoms with Crippen LogP contribution >= 0.6 is 0 Å². The maximum atomic E-state index is 13.8. The average Bonchev–Trinajstić information content (AvgIpc) is 3.25. The Kier molecular flexibility index (Phi) is 5.18. The smallest absolute Gasteiger partial charge is 0.227 e. The van der Waals surface area contributed by atoms with Gasteiger partial charge in [0.2, 0.25) is 11.9 Å². The van der Waals surface area contributed by atoms with Gasteiger partial charge in [-0.1, -0.05) is 18.2 Å². The van der Waals surface area contributed by atoms with E-state index in [0.717, 1.165) is 37.9 Å². The Morgan fingerprint density at radius 2 is 1.70 bits per heavy atom. The lowest BCUT2D eigenvalue weighted by Crippen LogP contribution is -2.49. The number of anilines is 2. The zero-order valence-corrected chi connectivity index (χ0v) is 15.4. The molecule has 0 N–H and O–H groups in total. The largest absolute Gasteiger partial charge is 0.353 e. The van der Waals surface area contributed by atoms with Crippen LogP contribution in [0.2, 0.25) is 0 Å². The van der Waals surface area contributed by atoms with Crippen LogP contribution in [0, 0.1) is 5.82 Å². The fourth-order valence-corrected chi connectivity index (χ4v) is 3.69. The van der Waals surface area contributed by atoms with Crippen molar-refractivity contribution in [2.45, 2.75) is 19.3 Å². The molecule has 2 saturated heterocycles. The summed E-state index contributed by atoms with van der Waals surface area (Å²) in [6.45, 7) is 4.72. The fraction of sp³-hybridized carbons (Fsp3) is 0.450. The number of carbonyl (C=O) groups is 1. The molecule has 2 aliphatic heterocycles. The maximum absolute atomic E-state index is 13.8. The van der Waals surface area contributed by atoms with E-state index >= 15 is 0 Å². The third-order valence-electron chi connectivity index (χ3n) is 5.27. The summed E-state index contributed by atoms with van der Waals surface area (Å²) < 4.78 is 13.8. The van der Waals surface area contributed by atoms with Crippen LogP contribution in [0.1, 0.15) is 18.4 Å². The van der Waals surface area contributed by atoms with E-state index in [1.165, 1.54) is 18.9 Å². The van der Waals surface area contributed by atoms with E-state index in [1.807, 2.05) is 17.2 Å². The summed E-state index contributed by atoms with van der Waals surface area (Å²) >= 11 is 0. The third-order valence-corrected chi connectivity index (χ3v) is 5.27. The minimum Gasteiger partial charge on any atom is -0.353 e. The molecule has 7 heteroatoms. The van der Waals surface area contributed by atoms with Gasteiger partial charge in [0.25, 0.3) is 0 Å². The second-order valence-corrected chi connectivity index (χ2v) is 7.05. The fourth-order valence-electron chi connectivity index (χ4n) is 3.69. The summed E-state index contributed by atoms with van der Waals surface area (Å²) in [5.41, 5.74) is 0.455. The summed E-state index contributed by atoms with van der Waals surface area (Å²) in [6.07, 6.45) is 4.30. The molecule has 4 rings (SSSR count). The molecule has 27 heavy (non-hydrogen) atoms. The summed E-state index contributed by atoms with van der Waals surface area (Å²) in [6, 6.07) is 8.39. The van der Waals surface area contributed by atoms with Gasteiger partial charge in [0.1, 0.15) is 11.6 Å². The number of halogens is 1. The van der Waals surface area contributed by atoms with Crippen molar-refractivity contribution in [3.63, 3.8) is 0 Å². The molecular weight excluding hydrogens is 345 g/mol. The van der Waals surface area contributed by atoms with Crippen molar-refractivity contribution in [1.29, 1.82) is 0 Å². The van der Waals surface area contributed by atoms with Crippen LogP contribution in [-0.2, 0) is 11.2 Å². The summed E-state index contributed by atoms with van der Waals surface area (Å²) in [5, 5.41) is 0. The topological polar surface area (TPSA) is 52.6 Å². The van der Waals surface area contributed by atoms with E-state index in [2.05, 4.69) is 14.8 Å². The van der Waals surface area contributed by atoms with Crippen LogP contribution in [0.4, 0.5) is 16.2 Å². The van der Waals surface area contributed by atoms with Crippen LogP contribution in [0.5, 0.6) is 0 Å². The van der Waals surface area contributed by atoms with Crippen molar-refractivity contribution in [2.24, 2.45) is 0 Å². The summed E-state index contributed by atoms with van der Waals surface area (Å²) in [4.78, 5) is 27.8. The number of rotatable bonds is 4. The van der Waals surface area contributed by atoms with Crippen LogP contribution in [0.3, 0.4) is 0 Å². The van der Waals surface area contributed by atoms with Gasteiger partial charge in [-0.05, 0) is 30.5 Å². The predicted molar refractivity (Wildman–Crippen MR) is 102 cm³/mol. The number of carbonyl (C=O) groups excluding carboxylic acids is 1. The molecule has 0 atom stereocenters. The van der Waals surface area contributed by atoms with Crippen molar-refractivity contribution in [1.82, 2.24) is 14.9 Å². The van der Waals surface area contributed by atoms with Crippen molar-refractivity contribution in [3.05, 3.63) is 47.9 Å². The highest BCUT2D eigenvalue weighted by atomic mass is 19.1. The molecule has 0 unspecified atom stereocenters. The monoisotopic (exact) mass is 369 g/mol. The minimum atomic E-state index is -0.320. The number of nitrogens with zero attached hydrogens (tertiary/aromatic N) is 5. The highest BCUT2D eigenvalue weighted by Gasteiger charge is 2.23. The van der Waals surface area contributed by atoms with E-state index in [0.29, 0.717) is 18.7 Å². The average molecular weight is 369 g/mol. The van der Waals surface area contributed by atoms with Gasteiger partial charge in [0.05, 0.1) is 6.42 Å². The molecular formula is C20H24FN5O. The molecule has 6 nitrogen and oxygen atoms in total. The molecule has 1 aromatic carbocycles. The number of amides is 1. The van der Waals surface area contributed by atoms with Gasteiger partial charge in [0, 0.05) is 45.5 Å². The van der Waals surface area contributed by atoms with Gasteiger partial charge in [-0.3, -0.25) is 4.79 Å². The molecule has 0 aliphatic carbocycles. The molecule has 1 aromatic heterocycles. The second-order valence-electron chi connectivity index (χ2n) is 7.05. The van der Waals surface area contributed by atoms with E-state index in [1.54, 1.807) is 18.2 Å². The highest BCUT2D eigenvalue weighted by Crippen LogP contribution is 2.20. The summed E-state index contributed by atoms with van der Waals surface area (Å²) in [7, 11) is 0. The third kappa shape index (κ3) is 4.02. The predicted octanol–water partition coefficient (Wildman–Crippen LogP) is 2.11. The Labute approximate surface area is 158 Å². The molecule has 0 saturated carbocycles. The van der Waals surface area contributed by atoms with Crippen LogP contribution in [0.25, 0.3) is 0 Å². The number of hydrogen-bond donors (Lipinski definition) is 0. The molecule has 3 heterocycles. The Morgan fingerprint density at radius 1 is 0.963 bits per heavy atom. The maximum Gasteiger partial charge on any atom is 0.227 e. The van der Waals surface area contributed by atoms with E-state index < -0.39 is 0 Å². The van der Waals surface area contributed by atoms with Gasteiger partial charge in [-0.15, -0.1) is 0 Å². The van der Waals surface area contributed by atoms with Gasteiger partial charge >= 0.3 is 0 Å². The lowest BCUT2D eigenvalue weighted by molar-refractivity contribution is -0.130. The minimum absolute atomic E-state index is 0.0276. The zero-order valence-electron chi connectivity index (χ0n) is 15.4.